The van der Waals surface area contributed by atoms with Gasteiger partial charge in [-0.1, -0.05) is 18.2 Å². The Bertz CT molecular complexity index is 1310. The summed E-state index contributed by atoms with van der Waals surface area (Å²) in [5.74, 6) is 1.20. The number of ether oxygens (including phenoxy) is 1. The van der Waals surface area contributed by atoms with Crippen LogP contribution >= 0.6 is 11.3 Å². The third-order valence-electron chi connectivity index (χ3n) is 5.09. The summed E-state index contributed by atoms with van der Waals surface area (Å²) in [4.78, 5) is 1.06. The summed E-state index contributed by atoms with van der Waals surface area (Å²) in [6.07, 6.45) is 0. The van der Waals surface area contributed by atoms with Crippen LogP contribution in [-0.2, 0) is 10.0 Å². The first-order chi connectivity index (χ1) is 15.3. The van der Waals surface area contributed by atoms with Gasteiger partial charge in [0.1, 0.15) is 11.8 Å². The average molecular weight is 470 g/mol. The van der Waals surface area contributed by atoms with E-state index in [-0.39, 0.29) is 10.8 Å². The summed E-state index contributed by atoms with van der Waals surface area (Å²) >= 11 is 1.47. The topological polar surface area (TPSA) is 85.5 Å². The van der Waals surface area contributed by atoms with Gasteiger partial charge in [0, 0.05) is 0 Å². The Morgan fingerprint density at radius 2 is 1.81 bits per heavy atom. The van der Waals surface area contributed by atoms with Crippen molar-refractivity contribution in [1.82, 2.24) is 10.2 Å². The van der Waals surface area contributed by atoms with Crippen LogP contribution in [0.15, 0.2) is 69.3 Å². The minimum absolute atomic E-state index is 0.207. The van der Waals surface area contributed by atoms with Crippen molar-refractivity contribution >= 4 is 27.0 Å². The van der Waals surface area contributed by atoms with Crippen molar-refractivity contribution in [3.05, 3.63) is 77.0 Å². The second kappa shape index (κ2) is 8.76. The molecule has 0 amide bonds. The Labute approximate surface area is 191 Å². The Hall–Kier alpha value is -3.17. The SMILES string of the molecule is COc1ccc(N(C(C)c2nnc(-c3cccs3)o2)S(=O)(=O)c2cc(C)ccc2C)cc1. The molecule has 2 aromatic heterocycles. The number of hydrogen-bond acceptors (Lipinski definition) is 7. The monoisotopic (exact) mass is 469 g/mol. The standard InChI is InChI=1S/C23H23N3O4S2/c1-15-7-8-16(2)21(14-15)32(27,28)26(18-9-11-19(29-4)12-10-18)17(3)22-24-25-23(30-22)20-6-5-13-31-20/h5-14,17H,1-4H3. The van der Waals surface area contributed by atoms with Crippen LogP contribution in [0.25, 0.3) is 10.8 Å². The van der Waals surface area contributed by atoms with Crippen molar-refractivity contribution < 1.29 is 17.6 Å². The molecule has 0 aliphatic carbocycles. The van der Waals surface area contributed by atoms with Crippen molar-refractivity contribution in [2.45, 2.75) is 31.7 Å². The number of aryl methyl sites for hydroxylation is 2. The number of hydrogen-bond donors (Lipinski definition) is 0. The fourth-order valence-corrected chi connectivity index (χ4v) is 5.97. The maximum atomic E-state index is 13.9. The first-order valence-corrected chi connectivity index (χ1v) is 12.3. The molecular formula is C23H23N3O4S2. The fraction of sp³-hybridized carbons (Fsp3) is 0.217. The number of rotatable bonds is 7. The van der Waals surface area contributed by atoms with Gasteiger partial charge in [0.05, 0.1) is 22.6 Å². The summed E-state index contributed by atoms with van der Waals surface area (Å²) in [7, 11) is -2.39. The maximum Gasteiger partial charge on any atom is 0.265 e. The van der Waals surface area contributed by atoms with Crippen LogP contribution in [0.2, 0.25) is 0 Å². The minimum atomic E-state index is -3.95. The molecule has 0 N–H and O–H groups in total. The van der Waals surface area contributed by atoms with E-state index in [1.165, 1.54) is 15.6 Å². The summed E-state index contributed by atoms with van der Waals surface area (Å²) in [6.45, 7) is 5.38. The molecule has 1 atom stereocenters. The highest BCUT2D eigenvalue weighted by Gasteiger charge is 2.34. The Morgan fingerprint density at radius 1 is 1.06 bits per heavy atom. The molecule has 0 saturated carbocycles. The maximum absolute atomic E-state index is 13.9. The molecule has 0 fully saturated rings. The lowest BCUT2D eigenvalue weighted by Crippen LogP contribution is -2.34. The van der Waals surface area contributed by atoms with E-state index in [2.05, 4.69) is 10.2 Å². The van der Waals surface area contributed by atoms with Crippen molar-refractivity contribution in [3.63, 3.8) is 0 Å². The third-order valence-corrected chi connectivity index (χ3v) is 7.99. The highest BCUT2D eigenvalue weighted by Crippen LogP contribution is 2.36. The van der Waals surface area contributed by atoms with Gasteiger partial charge in [-0.25, -0.2) is 8.42 Å². The molecule has 0 aliphatic heterocycles. The molecule has 166 valence electrons. The van der Waals surface area contributed by atoms with Gasteiger partial charge in [-0.05, 0) is 73.7 Å². The second-order valence-electron chi connectivity index (χ2n) is 7.37. The zero-order valence-electron chi connectivity index (χ0n) is 18.1. The molecule has 0 saturated heterocycles. The number of aromatic nitrogens is 2. The van der Waals surface area contributed by atoms with Crippen LogP contribution in [-0.4, -0.2) is 25.7 Å². The molecule has 4 aromatic rings. The zero-order chi connectivity index (χ0) is 22.9. The smallest absolute Gasteiger partial charge is 0.265 e. The molecule has 1 unspecified atom stereocenters. The van der Waals surface area contributed by atoms with Gasteiger partial charge < -0.3 is 9.15 Å². The summed E-state index contributed by atoms with van der Waals surface area (Å²) < 4.78 is 40.3. The molecule has 0 aliphatic rings. The fourth-order valence-electron chi connectivity index (χ4n) is 3.39. The molecule has 32 heavy (non-hydrogen) atoms. The number of thiophene rings is 1. The highest BCUT2D eigenvalue weighted by molar-refractivity contribution is 7.92. The molecule has 7 nitrogen and oxygen atoms in total. The lowest BCUT2D eigenvalue weighted by Gasteiger charge is -2.29. The summed E-state index contributed by atoms with van der Waals surface area (Å²) in [5, 5.41) is 10.2. The average Bonchev–Trinajstić information content (AvgIpc) is 3.48. The lowest BCUT2D eigenvalue weighted by molar-refractivity contribution is 0.414. The van der Waals surface area contributed by atoms with Crippen molar-refractivity contribution in [2.24, 2.45) is 0 Å². The number of anilines is 1. The largest absolute Gasteiger partial charge is 0.497 e. The molecule has 2 aromatic carbocycles. The van der Waals surface area contributed by atoms with Gasteiger partial charge in [0.2, 0.25) is 5.89 Å². The van der Waals surface area contributed by atoms with Crippen LogP contribution < -0.4 is 9.04 Å². The van der Waals surface area contributed by atoms with E-state index in [4.69, 9.17) is 9.15 Å². The van der Waals surface area contributed by atoms with E-state index < -0.39 is 16.1 Å². The van der Waals surface area contributed by atoms with Crippen molar-refractivity contribution in [1.29, 1.82) is 0 Å². The van der Waals surface area contributed by atoms with Gasteiger partial charge in [-0.3, -0.25) is 4.31 Å². The minimum Gasteiger partial charge on any atom is -0.497 e. The number of nitrogens with zero attached hydrogens (tertiary/aromatic N) is 3. The van der Waals surface area contributed by atoms with Gasteiger partial charge in [-0.15, -0.1) is 21.5 Å². The molecule has 0 bridgehead atoms. The van der Waals surface area contributed by atoms with Crippen molar-refractivity contribution in [2.75, 3.05) is 11.4 Å². The van der Waals surface area contributed by atoms with E-state index in [9.17, 15) is 8.42 Å². The molecular weight excluding hydrogens is 446 g/mol. The normalized spacial score (nSPS) is 12.5. The second-order valence-corrected chi connectivity index (χ2v) is 10.1. The number of sulfonamides is 1. The van der Waals surface area contributed by atoms with E-state index >= 15 is 0 Å². The van der Waals surface area contributed by atoms with Gasteiger partial charge >= 0.3 is 0 Å². The number of benzene rings is 2. The predicted molar refractivity (Wildman–Crippen MR) is 125 cm³/mol. The van der Waals surface area contributed by atoms with Gasteiger partial charge in [-0.2, -0.15) is 0 Å². The first kappa shape index (κ1) is 22.0. The predicted octanol–water partition coefficient (Wildman–Crippen LogP) is 5.38. The Kier molecular flexibility index (Phi) is 6.03. The van der Waals surface area contributed by atoms with Crippen LogP contribution in [0.4, 0.5) is 5.69 Å². The summed E-state index contributed by atoms with van der Waals surface area (Å²) in [6, 6.07) is 15.2. The van der Waals surface area contributed by atoms with Crippen LogP contribution in [0.3, 0.4) is 0 Å². The Morgan fingerprint density at radius 3 is 2.47 bits per heavy atom. The van der Waals surface area contributed by atoms with Crippen LogP contribution in [0, 0.1) is 13.8 Å². The Balaban J connectivity index is 1.83. The molecule has 0 spiro atoms. The molecule has 9 heteroatoms. The highest BCUT2D eigenvalue weighted by atomic mass is 32.2. The van der Waals surface area contributed by atoms with E-state index in [0.717, 1.165) is 10.4 Å². The van der Waals surface area contributed by atoms with Gasteiger partial charge in [0.15, 0.2) is 0 Å². The van der Waals surface area contributed by atoms with Crippen LogP contribution in [0.5, 0.6) is 5.75 Å². The zero-order valence-corrected chi connectivity index (χ0v) is 19.8. The van der Waals surface area contributed by atoms with E-state index in [0.29, 0.717) is 22.9 Å². The van der Waals surface area contributed by atoms with Gasteiger partial charge in [0.25, 0.3) is 15.9 Å². The third kappa shape index (κ3) is 4.13. The van der Waals surface area contributed by atoms with Crippen molar-refractivity contribution in [3.8, 4) is 16.5 Å². The number of methoxy groups -OCH3 is 1. The molecule has 0 radical (unpaired) electrons. The molecule has 2 heterocycles. The lowest BCUT2D eigenvalue weighted by atomic mass is 10.2. The quantitative estimate of drug-likeness (QED) is 0.361. The van der Waals surface area contributed by atoms with E-state index in [1.807, 2.05) is 30.5 Å². The first-order valence-electron chi connectivity index (χ1n) is 9.94. The van der Waals surface area contributed by atoms with E-state index in [1.54, 1.807) is 57.4 Å². The summed E-state index contributed by atoms with van der Waals surface area (Å²) in [5.41, 5.74) is 1.98. The molecule has 4 rings (SSSR count). The van der Waals surface area contributed by atoms with Crippen LogP contribution in [0.1, 0.15) is 30.0 Å².